The fourth-order valence-corrected chi connectivity index (χ4v) is 1.38. The van der Waals surface area contributed by atoms with Gasteiger partial charge in [0.15, 0.2) is 0 Å². The van der Waals surface area contributed by atoms with Crippen LogP contribution in [-0.4, -0.2) is 5.91 Å². The Morgan fingerprint density at radius 3 is 2.69 bits per heavy atom. The summed E-state index contributed by atoms with van der Waals surface area (Å²) in [7, 11) is 0. The number of amides is 1. The fourth-order valence-electron chi connectivity index (χ4n) is 1.19. The monoisotopic (exact) mass is 236 g/mol. The fraction of sp³-hybridized carbons (Fsp3) is 0.333. The number of carbonyl (C=O) groups is 1. The van der Waals surface area contributed by atoms with Gasteiger partial charge in [-0.15, -0.1) is 0 Å². The minimum absolute atomic E-state index is 0.143. The van der Waals surface area contributed by atoms with Gasteiger partial charge in [0.25, 0.3) is 0 Å². The highest BCUT2D eigenvalue weighted by Gasteiger charge is 2.15. The van der Waals surface area contributed by atoms with Gasteiger partial charge in [-0.3, -0.25) is 4.79 Å². The summed E-state index contributed by atoms with van der Waals surface area (Å²) in [4.78, 5) is 11.5. The largest absolute Gasteiger partial charge is 0.336 e. The molecule has 0 aliphatic rings. The van der Waals surface area contributed by atoms with Crippen molar-refractivity contribution in [3.05, 3.63) is 34.9 Å². The van der Waals surface area contributed by atoms with E-state index in [0.717, 1.165) is 0 Å². The smallest absolute Gasteiger partial charge is 0.223 e. The van der Waals surface area contributed by atoms with Crippen LogP contribution in [0.15, 0.2) is 24.3 Å². The first-order valence-electron chi connectivity index (χ1n) is 5.00. The third kappa shape index (κ3) is 3.25. The van der Waals surface area contributed by atoms with Crippen LogP contribution in [0.25, 0.3) is 0 Å². The van der Waals surface area contributed by atoms with Crippen molar-refractivity contribution in [3.8, 4) is 6.07 Å². The number of halogens is 1. The maximum Gasteiger partial charge on any atom is 0.223 e. The molecule has 16 heavy (non-hydrogen) atoms. The second kappa shape index (κ2) is 5.53. The normalized spacial score (nSPS) is 11.9. The topological polar surface area (TPSA) is 52.9 Å². The van der Waals surface area contributed by atoms with Gasteiger partial charge in [-0.2, -0.15) is 5.26 Å². The molecule has 1 atom stereocenters. The maximum absolute atomic E-state index is 11.5. The molecule has 1 aromatic rings. The lowest BCUT2D eigenvalue weighted by molar-refractivity contribution is -0.124. The van der Waals surface area contributed by atoms with Gasteiger partial charge in [-0.1, -0.05) is 37.6 Å². The summed E-state index contributed by atoms with van der Waals surface area (Å²) < 4.78 is 0. The number of nitrogens with one attached hydrogen (secondary N) is 1. The van der Waals surface area contributed by atoms with Gasteiger partial charge in [0, 0.05) is 10.9 Å². The predicted molar refractivity (Wildman–Crippen MR) is 62.8 cm³/mol. The number of benzene rings is 1. The molecule has 0 saturated heterocycles. The Morgan fingerprint density at radius 1 is 1.50 bits per heavy atom. The van der Waals surface area contributed by atoms with Crippen molar-refractivity contribution in [1.29, 1.82) is 5.26 Å². The highest BCUT2D eigenvalue weighted by Crippen LogP contribution is 2.17. The summed E-state index contributed by atoms with van der Waals surface area (Å²) in [5.41, 5.74) is 0.698. The van der Waals surface area contributed by atoms with Crippen molar-refractivity contribution in [2.24, 2.45) is 5.92 Å². The molecule has 1 aromatic carbocycles. The molecule has 0 aromatic heterocycles. The lowest BCUT2D eigenvalue weighted by atomic mass is 10.1. The molecule has 0 radical (unpaired) electrons. The standard InChI is InChI=1S/C12H13ClN2O/c1-8(2)12(16)15-11(7-14)9-4-3-5-10(13)6-9/h3-6,8,11H,1-2H3,(H,15,16). The molecule has 1 amide bonds. The first kappa shape index (κ1) is 12.5. The van der Waals surface area contributed by atoms with Gasteiger partial charge >= 0.3 is 0 Å². The molecular formula is C12H13ClN2O. The Hall–Kier alpha value is -1.53. The van der Waals surface area contributed by atoms with Crippen molar-refractivity contribution >= 4 is 17.5 Å². The summed E-state index contributed by atoms with van der Waals surface area (Å²) in [6.07, 6.45) is 0. The summed E-state index contributed by atoms with van der Waals surface area (Å²) in [6, 6.07) is 8.32. The number of nitrogens with zero attached hydrogens (tertiary/aromatic N) is 1. The van der Waals surface area contributed by atoms with Crippen molar-refractivity contribution < 1.29 is 4.79 Å². The number of rotatable bonds is 3. The van der Waals surface area contributed by atoms with Crippen molar-refractivity contribution in [2.45, 2.75) is 19.9 Å². The summed E-state index contributed by atoms with van der Waals surface area (Å²) >= 11 is 5.82. The Kier molecular flexibility index (Phi) is 4.33. The maximum atomic E-state index is 11.5. The van der Waals surface area contributed by atoms with Crippen molar-refractivity contribution in [3.63, 3.8) is 0 Å². The number of carbonyl (C=O) groups excluding carboxylic acids is 1. The second-order valence-corrected chi connectivity index (χ2v) is 4.22. The SMILES string of the molecule is CC(C)C(=O)NC(C#N)c1cccc(Cl)c1. The molecule has 0 fully saturated rings. The van der Waals surface area contributed by atoms with Crippen molar-refractivity contribution in [2.75, 3.05) is 0 Å². The van der Waals surface area contributed by atoms with Crippen LogP contribution in [0.1, 0.15) is 25.5 Å². The average molecular weight is 237 g/mol. The molecule has 1 N–H and O–H groups in total. The molecule has 1 rings (SSSR count). The van der Waals surface area contributed by atoms with Crippen LogP contribution in [0.4, 0.5) is 0 Å². The van der Waals surface area contributed by atoms with Crippen LogP contribution in [0.3, 0.4) is 0 Å². The molecule has 0 aliphatic carbocycles. The molecule has 0 aliphatic heterocycles. The van der Waals surface area contributed by atoms with Gasteiger partial charge < -0.3 is 5.32 Å². The highest BCUT2D eigenvalue weighted by atomic mass is 35.5. The summed E-state index contributed by atoms with van der Waals surface area (Å²) in [6.45, 7) is 3.56. The number of nitriles is 1. The molecule has 0 spiro atoms. The molecule has 84 valence electrons. The van der Waals surface area contributed by atoms with Crippen LogP contribution < -0.4 is 5.32 Å². The highest BCUT2D eigenvalue weighted by molar-refractivity contribution is 6.30. The molecule has 3 nitrogen and oxygen atoms in total. The van der Waals surface area contributed by atoms with Crippen LogP contribution in [0.2, 0.25) is 5.02 Å². The number of hydrogen-bond donors (Lipinski definition) is 1. The first-order valence-corrected chi connectivity index (χ1v) is 5.38. The Labute approximate surface area is 100 Å². The number of hydrogen-bond acceptors (Lipinski definition) is 2. The Balaban J connectivity index is 2.84. The summed E-state index contributed by atoms with van der Waals surface area (Å²) in [5, 5.41) is 12.2. The van der Waals surface area contributed by atoms with E-state index in [1.54, 1.807) is 38.1 Å². The minimum Gasteiger partial charge on any atom is -0.336 e. The van der Waals surface area contributed by atoms with E-state index in [9.17, 15) is 4.79 Å². The zero-order valence-electron chi connectivity index (χ0n) is 9.20. The first-order chi connectivity index (χ1) is 7.54. The Bertz CT molecular complexity index is 423. The predicted octanol–water partition coefficient (Wildman–Crippen LogP) is 2.68. The van der Waals surface area contributed by atoms with Crippen LogP contribution in [-0.2, 0) is 4.79 Å². The van der Waals surface area contributed by atoms with E-state index in [-0.39, 0.29) is 11.8 Å². The van der Waals surface area contributed by atoms with E-state index in [4.69, 9.17) is 16.9 Å². The third-order valence-corrected chi connectivity index (χ3v) is 2.36. The van der Waals surface area contributed by atoms with E-state index >= 15 is 0 Å². The molecule has 1 unspecified atom stereocenters. The van der Waals surface area contributed by atoms with Gasteiger partial charge in [-0.25, -0.2) is 0 Å². The van der Waals surface area contributed by atoms with Crippen LogP contribution in [0, 0.1) is 17.2 Å². The lowest BCUT2D eigenvalue weighted by Gasteiger charge is -2.13. The lowest BCUT2D eigenvalue weighted by Crippen LogP contribution is -2.31. The van der Waals surface area contributed by atoms with Crippen LogP contribution >= 0.6 is 11.6 Å². The molecule has 4 heteroatoms. The minimum atomic E-state index is -0.645. The Morgan fingerprint density at radius 2 is 2.19 bits per heavy atom. The average Bonchev–Trinajstić information content (AvgIpc) is 2.25. The van der Waals surface area contributed by atoms with E-state index < -0.39 is 6.04 Å². The van der Waals surface area contributed by atoms with E-state index in [0.29, 0.717) is 10.6 Å². The third-order valence-electron chi connectivity index (χ3n) is 2.12. The molecule has 0 heterocycles. The van der Waals surface area contributed by atoms with E-state index in [2.05, 4.69) is 5.32 Å². The second-order valence-electron chi connectivity index (χ2n) is 3.78. The zero-order valence-corrected chi connectivity index (χ0v) is 9.95. The van der Waals surface area contributed by atoms with Gasteiger partial charge in [0.2, 0.25) is 5.91 Å². The van der Waals surface area contributed by atoms with E-state index in [1.807, 2.05) is 6.07 Å². The molecular weight excluding hydrogens is 224 g/mol. The zero-order chi connectivity index (χ0) is 12.1. The van der Waals surface area contributed by atoms with Gasteiger partial charge in [0.1, 0.15) is 6.04 Å². The summed E-state index contributed by atoms with van der Waals surface area (Å²) in [5.74, 6) is -0.290. The quantitative estimate of drug-likeness (QED) is 0.877. The van der Waals surface area contributed by atoms with Gasteiger partial charge in [0.05, 0.1) is 6.07 Å². The van der Waals surface area contributed by atoms with E-state index in [1.165, 1.54) is 0 Å². The van der Waals surface area contributed by atoms with Crippen molar-refractivity contribution in [1.82, 2.24) is 5.32 Å². The molecule has 0 bridgehead atoms. The van der Waals surface area contributed by atoms with Crippen LogP contribution in [0.5, 0.6) is 0 Å². The van der Waals surface area contributed by atoms with Gasteiger partial charge in [-0.05, 0) is 17.7 Å². The molecule has 0 saturated carbocycles.